The summed E-state index contributed by atoms with van der Waals surface area (Å²) in [5.74, 6) is 0.853. The molecule has 1 heterocycles. The molecule has 24 heavy (non-hydrogen) atoms. The normalized spacial score (nSPS) is 16.8. The Morgan fingerprint density at radius 2 is 1.92 bits per heavy atom. The number of rotatable bonds is 9. The Labute approximate surface area is 164 Å². The molecule has 0 aromatic heterocycles. The first-order chi connectivity index (χ1) is 11.0. The zero-order valence-electron chi connectivity index (χ0n) is 15.9. The Morgan fingerprint density at radius 3 is 2.50 bits per heavy atom. The Balaban J connectivity index is 0.00000529. The lowest BCUT2D eigenvalue weighted by atomic mass is 10.0. The van der Waals surface area contributed by atoms with Crippen molar-refractivity contribution in [2.45, 2.75) is 19.4 Å². The highest BCUT2D eigenvalue weighted by Gasteiger charge is 2.28. The molecule has 0 aliphatic carbocycles. The van der Waals surface area contributed by atoms with Gasteiger partial charge in [0.1, 0.15) is 0 Å². The molecule has 8 heteroatoms. The van der Waals surface area contributed by atoms with Crippen molar-refractivity contribution in [2.24, 2.45) is 4.99 Å². The summed E-state index contributed by atoms with van der Waals surface area (Å²) in [4.78, 5) is 9.01. The highest BCUT2D eigenvalue weighted by molar-refractivity contribution is 14.0. The Morgan fingerprint density at radius 1 is 1.25 bits per heavy atom. The van der Waals surface area contributed by atoms with Gasteiger partial charge in [0, 0.05) is 59.0 Å². The summed E-state index contributed by atoms with van der Waals surface area (Å²) in [7, 11) is 5.64. The molecule has 1 saturated heterocycles. The number of likely N-dealkylation sites (N-methyl/N-ethyl adjacent to an activating group) is 1. The van der Waals surface area contributed by atoms with E-state index in [0.29, 0.717) is 0 Å². The third kappa shape index (κ3) is 9.36. The molecule has 0 atom stereocenters. The maximum atomic E-state index is 5.43. The standard InChI is InChI=1S/C16H35N5O2.HI/c1-16(2,21-9-12-23-13-10-21)14-19-15(17-3)18-6-7-20(4)8-11-22-5;/h6-14H2,1-5H3,(H2,17,18,19);1H. The van der Waals surface area contributed by atoms with Crippen molar-refractivity contribution >= 4 is 29.9 Å². The molecule has 7 nitrogen and oxygen atoms in total. The van der Waals surface area contributed by atoms with Crippen molar-refractivity contribution in [3.8, 4) is 0 Å². The van der Waals surface area contributed by atoms with Gasteiger partial charge in [-0.2, -0.15) is 0 Å². The smallest absolute Gasteiger partial charge is 0.191 e. The number of hydrogen-bond donors (Lipinski definition) is 2. The fourth-order valence-electron chi connectivity index (χ4n) is 2.53. The highest BCUT2D eigenvalue weighted by Crippen LogP contribution is 2.14. The molecule has 0 aromatic carbocycles. The van der Waals surface area contributed by atoms with E-state index in [-0.39, 0.29) is 29.5 Å². The van der Waals surface area contributed by atoms with Crippen molar-refractivity contribution in [3.63, 3.8) is 0 Å². The largest absolute Gasteiger partial charge is 0.383 e. The van der Waals surface area contributed by atoms with Gasteiger partial charge in [0.2, 0.25) is 0 Å². The first-order valence-electron chi connectivity index (χ1n) is 8.44. The van der Waals surface area contributed by atoms with Gasteiger partial charge >= 0.3 is 0 Å². The summed E-state index contributed by atoms with van der Waals surface area (Å²) in [6.07, 6.45) is 0. The molecule has 1 rings (SSSR count). The molecule has 0 saturated carbocycles. The van der Waals surface area contributed by atoms with Gasteiger partial charge in [0.15, 0.2) is 5.96 Å². The predicted molar refractivity (Wildman–Crippen MR) is 111 cm³/mol. The van der Waals surface area contributed by atoms with E-state index >= 15 is 0 Å². The number of nitrogens with one attached hydrogen (secondary N) is 2. The minimum atomic E-state index is 0. The van der Waals surface area contributed by atoms with Gasteiger partial charge < -0.3 is 25.0 Å². The molecular weight excluding hydrogens is 421 g/mol. The maximum absolute atomic E-state index is 5.43. The first-order valence-corrected chi connectivity index (χ1v) is 8.44. The molecule has 1 aliphatic heterocycles. The van der Waals surface area contributed by atoms with Crippen LogP contribution < -0.4 is 10.6 Å². The van der Waals surface area contributed by atoms with Crippen LogP contribution in [0.4, 0.5) is 0 Å². The zero-order valence-corrected chi connectivity index (χ0v) is 18.3. The van der Waals surface area contributed by atoms with E-state index < -0.39 is 0 Å². The molecule has 1 aliphatic rings. The molecular formula is C16H36IN5O2. The Hall–Kier alpha value is -0.160. The molecule has 144 valence electrons. The summed E-state index contributed by atoms with van der Waals surface area (Å²) in [6, 6.07) is 0. The van der Waals surface area contributed by atoms with Crippen LogP contribution in [0.15, 0.2) is 4.99 Å². The molecule has 0 radical (unpaired) electrons. The van der Waals surface area contributed by atoms with Crippen molar-refractivity contribution in [2.75, 3.05) is 80.3 Å². The van der Waals surface area contributed by atoms with E-state index in [4.69, 9.17) is 9.47 Å². The quantitative estimate of drug-likeness (QED) is 0.298. The van der Waals surface area contributed by atoms with Crippen LogP contribution in [0.25, 0.3) is 0 Å². The zero-order chi connectivity index (χ0) is 17.1. The summed E-state index contributed by atoms with van der Waals surface area (Å²) in [5.41, 5.74) is 0.0800. The van der Waals surface area contributed by atoms with Crippen molar-refractivity contribution < 1.29 is 9.47 Å². The Bertz CT molecular complexity index is 349. The highest BCUT2D eigenvalue weighted by atomic mass is 127. The van der Waals surface area contributed by atoms with Crippen LogP contribution >= 0.6 is 24.0 Å². The van der Waals surface area contributed by atoms with Crippen LogP contribution in [-0.2, 0) is 9.47 Å². The van der Waals surface area contributed by atoms with Crippen molar-refractivity contribution in [1.29, 1.82) is 0 Å². The minimum Gasteiger partial charge on any atom is -0.383 e. The van der Waals surface area contributed by atoms with Crippen LogP contribution in [0.2, 0.25) is 0 Å². The van der Waals surface area contributed by atoms with Crippen LogP contribution in [0.5, 0.6) is 0 Å². The van der Waals surface area contributed by atoms with Crippen molar-refractivity contribution in [1.82, 2.24) is 20.4 Å². The second-order valence-electron chi connectivity index (χ2n) is 6.56. The second kappa shape index (κ2) is 13.1. The number of guanidine groups is 1. The summed E-state index contributed by atoms with van der Waals surface area (Å²) in [5, 5.41) is 6.80. The SMILES string of the molecule is CN=C(NCCN(C)CCOC)NCC(C)(C)N1CCOCC1.I. The topological polar surface area (TPSA) is 61.4 Å². The van der Waals surface area contributed by atoms with E-state index in [1.165, 1.54) is 0 Å². The first kappa shape index (κ1) is 23.8. The van der Waals surface area contributed by atoms with Gasteiger partial charge in [-0.05, 0) is 20.9 Å². The number of ether oxygens (including phenoxy) is 2. The summed E-state index contributed by atoms with van der Waals surface area (Å²) in [6.45, 7) is 12.5. The van der Waals surface area contributed by atoms with Crippen LogP contribution in [0.3, 0.4) is 0 Å². The average Bonchev–Trinajstić information content (AvgIpc) is 2.56. The molecule has 0 bridgehead atoms. The van der Waals surface area contributed by atoms with Gasteiger partial charge in [-0.3, -0.25) is 9.89 Å². The molecule has 0 unspecified atom stereocenters. The van der Waals surface area contributed by atoms with Gasteiger partial charge in [-0.15, -0.1) is 24.0 Å². The van der Waals surface area contributed by atoms with Gasteiger partial charge in [0.25, 0.3) is 0 Å². The molecule has 0 amide bonds. The lowest BCUT2D eigenvalue weighted by Gasteiger charge is -2.41. The van der Waals surface area contributed by atoms with E-state index in [0.717, 1.165) is 65.0 Å². The lowest BCUT2D eigenvalue weighted by molar-refractivity contribution is -0.00834. The molecule has 0 spiro atoms. The van der Waals surface area contributed by atoms with Crippen molar-refractivity contribution in [3.05, 3.63) is 0 Å². The fraction of sp³-hybridized carbons (Fsp3) is 0.938. The average molecular weight is 457 g/mol. The fourth-order valence-corrected chi connectivity index (χ4v) is 2.53. The summed E-state index contributed by atoms with van der Waals surface area (Å²) < 4.78 is 10.5. The molecule has 0 aromatic rings. The third-order valence-electron chi connectivity index (χ3n) is 4.24. The van der Waals surface area contributed by atoms with E-state index in [9.17, 15) is 0 Å². The van der Waals surface area contributed by atoms with Gasteiger partial charge in [0.05, 0.1) is 19.8 Å². The second-order valence-corrected chi connectivity index (χ2v) is 6.56. The number of methoxy groups -OCH3 is 1. The minimum absolute atomic E-state index is 0. The predicted octanol–water partition coefficient (Wildman–Crippen LogP) is 0.458. The number of nitrogens with zero attached hydrogens (tertiary/aromatic N) is 3. The van der Waals surface area contributed by atoms with E-state index in [2.05, 4.69) is 46.3 Å². The van der Waals surface area contributed by atoms with Crippen LogP contribution in [-0.4, -0.2) is 102 Å². The van der Waals surface area contributed by atoms with Crippen LogP contribution in [0.1, 0.15) is 13.8 Å². The maximum Gasteiger partial charge on any atom is 0.191 e. The third-order valence-corrected chi connectivity index (χ3v) is 4.24. The van der Waals surface area contributed by atoms with Crippen LogP contribution in [0, 0.1) is 0 Å². The van der Waals surface area contributed by atoms with E-state index in [1.54, 1.807) is 7.11 Å². The monoisotopic (exact) mass is 457 g/mol. The van der Waals surface area contributed by atoms with E-state index in [1.807, 2.05) is 7.05 Å². The van der Waals surface area contributed by atoms with Gasteiger partial charge in [-0.1, -0.05) is 0 Å². The number of halogens is 1. The Kier molecular flexibility index (Phi) is 13.0. The molecule has 1 fully saturated rings. The molecule has 2 N–H and O–H groups in total. The lowest BCUT2D eigenvalue weighted by Crippen LogP contribution is -2.56. The number of aliphatic imine (C=N–C) groups is 1. The summed E-state index contributed by atoms with van der Waals surface area (Å²) >= 11 is 0. The number of hydrogen-bond acceptors (Lipinski definition) is 5. The van der Waals surface area contributed by atoms with Gasteiger partial charge in [-0.25, -0.2) is 0 Å². The number of morpholine rings is 1.